The van der Waals surface area contributed by atoms with Crippen LogP contribution >= 0.6 is 0 Å². The van der Waals surface area contributed by atoms with E-state index in [0.717, 1.165) is 12.8 Å². The van der Waals surface area contributed by atoms with Crippen LogP contribution in [-0.4, -0.2) is 19.7 Å². The largest absolute Gasteiger partial charge is 0.337 e. The van der Waals surface area contributed by atoms with Crippen LogP contribution in [0.2, 0.25) is 0 Å². The predicted octanol–water partition coefficient (Wildman–Crippen LogP) is -0.155. The smallest absolute Gasteiger partial charge is 0.328 e. The van der Waals surface area contributed by atoms with E-state index in [2.05, 4.69) is 15.1 Å². The summed E-state index contributed by atoms with van der Waals surface area (Å²) in [5.41, 5.74) is -0.904. The molecule has 1 N–H and O–H groups in total. The Kier molecular flexibility index (Phi) is 2.17. The van der Waals surface area contributed by atoms with E-state index < -0.39 is 11.2 Å². The molecule has 0 unspecified atom stereocenters. The highest BCUT2D eigenvalue weighted by Gasteiger charge is 2.28. The molecule has 0 atom stereocenters. The lowest BCUT2D eigenvalue weighted by Gasteiger charge is -1.98. The average molecular weight is 234 g/mol. The summed E-state index contributed by atoms with van der Waals surface area (Å²) >= 11 is 0. The SMILES string of the molecule is O=c1ccn(Cc2nc(C3CC3)no2)c(=O)[nH]1. The molecule has 17 heavy (non-hydrogen) atoms. The van der Waals surface area contributed by atoms with Crippen molar-refractivity contribution in [1.29, 1.82) is 0 Å². The second-order valence-corrected chi connectivity index (χ2v) is 4.06. The minimum Gasteiger partial charge on any atom is -0.337 e. The molecule has 2 aromatic rings. The van der Waals surface area contributed by atoms with Crippen LogP contribution in [0.3, 0.4) is 0 Å². The fraction of sp³-hybridized carbons (Fsp3) is 0.400. The van der Waals surface area contributed by atoms with Crippen molar-refractivity contribution < 1.29 is 4.52 Å². The maximum Gasteiger partial charge on any atom is 0.328 e. The van der Waals surface area contributed by atoms with E-state index >= 15 is 0 Å². The van der Waals surface area contributed by atoms with Crippen molar-refractivity contribution in [2.24, 2.45) is 0 Å². The normalized spacial score (nSPS) is 15.1. The first-order valence-corrected chi connectivity index (χ1v) is 5.34. The maximum absolute atomic E-state index is 11.4. The number of hydrogen-bond donors (Lipinski definition) is 1. The molecule has 88 valence electrons. The van der Waals surface area contributed by atoms with Gasteiger partial charge in [-0.1, -0.05) is 5.16 Å². The molecule has 0 aromatic carbocycles. The lowest BCUT2D eigenvalue weighted by atomic mass is 10.4. The number of nitrogens with zero attached hydrogens (tertiary/aromatic N) is 3. The van der Waals surface area contributed by atoms with Crippen LogP contribution in [0.5, 0.6) is 0 Å². The molecule has 0 bridgehead atoms. The number of H-pyrrole nitrogens is 1. The van der Waals surface area contributed by atoms with Gasteiger partial charge in [-0.05, 0) is 12.8 Å². The van der Waals surface area contributed by atoms with Gasteiger partial charge in [-0.3, -0.25) is 14.3 Å². The Labute approximate surface area is 95.1 Å². The van der Waals surface area contributed by atoms with Gasteiger partial charge in [0.15, 0.2) is 5.82 Å². The van der Waals surface area contributed by atoms with E-state index in [9.17, 15) is 9.59 Å². The third kappa shape index (κ3) is 2.03. The van der Waals surface area contributed by atoms with Crippen LogP contribution in [0.1, 0.15) is 30.5 Å². The molecule has 1 aliphatic rings. The summed E-state index contributed by atoms with van der Waals surface area (Å²) in [6, 6.07) is 1.28. The molecule has 1 saturated carbocycles. The Morgan fingerprint density at radius 3 is 3.00 bits per heavy atom. The molecule has 7 heteroatoms. The molecule has 3 rings (SSSR count). The van der Waals surface area contributed by atoms with E-state index in [1.807, 2.05) is 0 Å². The first-order valence-electron chi connectivity index (χ1n) is 5.34. The first-order chi connectivity index (χ1) is 8.22. The minimum atomic E-state index is -0.483. The van der Waals surface area contributed by atoms with Gasteiger partial charge in [0, 0.05) is 18.2 Å². The number of aromatic amines is 1. The minimum absolute atomic E-state index is 0.176. The van der Waals surface area contributed by atoms with Gasteiger partial charge in [-0.15, -0.1) is 0 Å². The van der Waals surface area contributed by atoms with E-state index in [-0.39, 0.29) is 6.54 Å². The Morgan fingerprint density at radius 2 is 2.29 bits per heavy atom. The van der Waals surface area contributed by atoms with Gasteiger partial charge in [0.05, 0.1) is 0 Å². The van der Waals surface area contributed by atoms with Crippen LogP contribution in [-0.2, 0) is 6.54 Å². The quantitative estimate of drug-likeness (QED) is 0.796. The van der Waals surface area contributed by atoms with Crippen molar-refractivity contribution in [2.45, 2.75) is 25.3 Å². The lowest BCUT2D eigenvalue weighted by Crippen LogP contribution is -2.28. The standard InChI is InChI=1S/C10H10N4O3/c15-7-3-4-14(10(16)11-7)5-8-12-9(13-17-8)6-1-2-6/h3-4,6H,1-2,5H2,(H,11,15,16). The summed E-state index contributed by atoms with van der Waals surface area (Å²) in [5, 5.41) is 3.85. The molecule has 1 fully saturated rings. The fourth-order valence-electron chi connectivity index (χ4n) is 1.55. The van der Waals surface area contributed by atoms with Crippen LogP contribution in [0, 0.1) is 0 Å². The molecule has 0 amide bonds. The van der Waals surface area contributed by atoms with Crippen molar-refractivity contribution in [3.63, 3.8) is 0 Å². The van der Waals surface area contributed by atoms with Gasteiger partial charge in [0.25, 0.3) is 5.56 Å². The molecule has 2 aromatic heterocycles. The molecular weight excluding hydrogens is 224 g/mol. The zero-order valence-electron chi connectivity index (χ0n) is 8.92. The number of aromatic nitrogens is 4. The van der Waals surface area contributed by atoms with E-state index in [0.29, 0.717) is 17.6 Å². The third-order valence-corrected chi connectivity index (χ3v) is 2.63. The van der Waals surface area contributed by atoms with Crippen molar-refractivity contribution in [1.82, 2.24) is 19.7 Å². The van der Waals surface area contributed by atoms with Gasteiger partial charge in [0.1, 0.15) is 6.54 Å². The Hall–Kier alpha value is -2.18. The highest BCUT2D eigenvalue weighted by molar-refractivity contribution is 5.03. The number of nitrogens with one attached hydrogen (secondary N) is 1. The lowest BCUT2D eigenvalue weighted by molar-refractivity contribution is 0.364. The van der Waals surface area contributed by atoms with Gasteiger partial charge in [-0.2, -0.15) is 4.98 Å². The summed E-state index contributed by atoms with van der Waals surface area (Å²) in [5.74, 6) is 1.50. The highest BCUT2D eigenvalue weighted by atomic mass is 16.5. The van der Waals surface area contributed by atoms with Crippen LogP contribution < -0.4 is 11.2 Å². The molecule has 0 saturated heterocycles. The topological polar surface area (TPSA) is 93.8 Å². The zero-order valence-corrected chi connectivity index (χ0v) is 8.92. The predicted molar refractivity (Wildman–Crippen MR) is 56.7 cm³/mol. The molecule has 2 heterocycles. The van der Waals surface area contributed by atoms with Gasteiger partial charge in [0.2, 0.25) is 5.89 Å². The van der Waals surface area contributed by atoms with Gasteiger partial charge in [-0.25, -0.2) is 4.79 Å². The molecule has 0 aliphatic heterocycles. The molecule has 0 spiro atoms. The average Bonchev–Trinajstić information content (AvgIpc) is 3.04. The van der Waals surface area contributed by atoms with E-state index in [1.165, 1.54) is 16.8 Å². The summed E-state index contributed by atoms with van der Waals surface area (Å²) in [6.45, 7) is 0.176. The Balaban J connectivity index is 1.85. The molecule has 1 aliphatic carbocycles. The second kappa shape index (κ2) is 3.69. The van der Waals surface area contributed by atoms with E-state index in [4.69, 9.17) is 4.52 Å². The maximum atomic E-state index is 11.4. The summed E-state index contributed by atoms with van der Waals surface area (Å²) in [7, 11) is 0. The fourth-order valence-corrected chi connectivity index (χ4v) is 1.55. The monoisotopic (exact) mass is 234 g/mol. The van der Waals surface area contributed by atoms with Crippen LogP contribution in [0.4, 0.5) is 0 Å². The Morgan fingerprint density at radius 1 is 1.47 bits per heavy atom. The van der Waals surface area contributed by atoms with Gasteiger partial charge < -0.3 is 4.52 Å². The summed E-state index contributed by atoms with van der Waals surface area (Å²) < 4.78 is 6.35. The van der Waals surface area contributed by atoms with E-state index in [1.54, 1.807) is 0 Å². The van der Waals surface area contributed by atoms with Gasteiger partial charge >= 0.3 is 5.69 Å². The second-order valence-electron chi connectivity index (χ2n) is 4.06. The van der Waals surface area contributed by atoms with Crippen LogP contribution in [0.15, 0.2) is 26.4 Å². The number of rotatable bonds is 3. The zero-order chi connectivity index (χ0) is 11.8. The van der Waals surface area contributed by atoms with Crippen LogP contribution in [0.25, 0.3) is 0 Å². The third-order valence-electron chi connectivity index (χ3n) is 2.63. The molecule has 7 nitrogen and oxygen atoms in total. The Bertz CT molecular complexity index is 650. The van der Waals surface area contributed by atoms with Crippen molar-refractivity contribution in [3.05, 3.63) is 44.8 Å². The first kappa shape index (κ1) is 10.0. The summed E-state index contributed by atoms with van der Waals surface area (Å²) in [6.07, 6.45) is 3.59. The van der Waals surface area contributed by atoms with Crippen molar-refractivity contribution in [3.8, 4) is 0 Å². The molecule has 0 radical (unpaired) electrons. The highest BCUT2D eigenvalue weighted by Crippen LogP contribution is 2.38. The van der Waals surface area contributed by atoms with Crippen molar-refractivity contribution in [2.75, 3.05) is 0 Å². The van der Waals surface area contributed by atoms with Crippen molar-refractivity contribution >= 4 is 0 Å². The summed E-state index contributed by atoms with van der Waals surface area (Å²) in [4.78, 5) is 28.7. The number of hydrogen-bond acceptors (Lipinski definition) is 5. The molecular formula is C10H10N4O3.